The molecule has 0 unspecified atom stereocenters. The van der Waals surface area contributed by atoms with Crippen LogP contribution in [-0.4, -0.2) is 28.5 Å². The van der Waals surface area contributed by atoms with Gasteiger partial charge in [0, 0.05) is 5.56 Å². The van der Waals surface area contributed by atoms with Crippen molar-refractivity contribution >= 4 is 17.8 Å². The number of carbonyl (C=O) groups is 2. The minimum Gasteiger partial charge on any atom is -0.488 e. The maximum atomic E-state index is 11.2. The van der Waals surface area contributed by atoms with Gasteiger partial charge in [-0.3, -0.25) is 4.79 Å². The van der Waals surface area contributed by atoms with Crippen molar-refractivity contribution in [2.75, 3.05) is 0 Å². The number of carboxylic acid groups (broad SMARTS) is 1. The third kappa shape index (κ3) is 6.74. The minimum atomic E-state index is -1.08. The van der Waals surface area contributed by atoms with E-state index in [4.69, 9.17) is 15.6 Å². The smallest absolute Gasteiger partial charge is 0.335 e. The number of carbonyl (C=O) groups excluding carboxylic acids is 1. The summed E-state index contributed by atoms with van der Waals surface area (Å²) in [6.07, 6.45) is -0.572. The molecule has 0 radical (unpaired) electrons. The Kier molecular flexibility index (Phi) is 5.91. The predicted octanol–water partition coefficient (Wildman–Crippen LogP) is 1.89. The summed E-state index contributed by atoms with van der Waals surface area (Å²) in [5.41, 5.74) is 5.95. The van der Waals surface area contributed by atoms with E-state index in [9.17, 15) is 9.59 Å². The molecule has 0 aliphatic carbocycles. The summed E-state index contributed by atoms with van der Waals surface area (Å²) >= 11 is 0. The van der Waals surface area contributed by atoms with Crippen molar-refractivity contribution < 1.29 is 24.3 Å². The molecule has 0 aliphatic heterocycles. The topological polar surface area (TPSA) is 111 Å². The normalized spacial score (nSPS) is 11.9. The quantitative estimate of drug-likeness (QED) is 0.359. The van der Waals surface area contributed by atoms with E-state index in [-0.39, 0.29) is 24.3 Å². The van der Waals surface area contributed by atoms with Gasteiger partial charge in [0.05, 0.1) is 12.8 Å². The van der Waals surface area contributed by atoms with Gasteiger partial charge in [-0.1, -0.05) is 5.16 Å². The number of ether oxygens (including phenoxy) is 1. The molecule has 0 fully saturated rings. The zero-order valence-corrected chi connectivity index (χ0v) is 12.8. The van der Waals surface area contributed by atoms with E-state index in [1.807, 2.05) is 20.8 Å². The zero-order valence-electron chi connectivity index (χ0n) is 12.8. The third-order valence-electron chi connectivity index (χ3n) is 2.36. The average molecular weight is 308 g/mol. The molecule has 1 aromatic carbocycles. The van der Waals surface area contributed by atoms with Gasteiger partial charge in [0.25, 0.3) is 0 Å². The molecule has 0 heterocycles. The van der Waals surface area contributed by atoms with Gasteiger partial charge >= 0.3 is 11.9 Å². The van der Waals surface area contributed by atoms with E-state index >= 15 is 0 Å². The Morgan fingerprint density at radius 3 is 2.27 bits per heavy atom. The second-order valence-electron chi connectivity index (χ2n) is 5.57. The second-order valence-corrected chi connectivity index (χ2v) is 5.57. The van der Waals surface area contributed by atoms with Crippen molar-refractivity contribution in [1.82, 2.24) is 0 Å². The van der Waals surface area contributed by atoms with E-state index in [1.165, 1.54) is 0 Å². The number of oxime groups is 1. The standard InChI is InChI=1S/C15H20N2O5/c1-15(2,3)21-11-6-4-10(5-7-11)14(16)17-22-13(20)9-8-12(18)19/h4-7H,8-9H2,1-3H3,(H2,16,17)(H,18,19). The molecule has 22 heavy (non-hydrogen) atoms. The maximum Gasteiger partial charge on any atom is 0.335 e. The van der Waals surface area contributed by atoms with Crippen LogP contribution in [0.15, 0.2) is 29.4 Å². The number of nitrogens with zero attached hydrogens (tertiary/aromatic N) is 1. The van der Waals surface area contributed by atoms with Crippen molar-refractivity contribution in [2.45, 2.75) is 39.2 Å². The lowest BCUT2D eigenvalue weighted by atomic mass is 10.1. The van der Waals surface area contributed by atoms with Crippen LogP contribution in [0.4, 0.5) is 0 Å². The molecule has 0 spiro atoms. The van der Waals surface area contributed by atoms with Crippen LogP contribution in [0, 0.1) is 0 Å². The number of benzene rings is 1. The molecule has 0 saturated heterocycles. The highest BCUT2D eigenvalue weighted by atomic mass is 16.7. The Morgan fingerprint density at radius 1 is 1.18 bits per heavy atom. The van der Waals surface area contributed by atoms with Crippen LogP contribution in [0.5, 0.6) is 5.75 Å². The second kappa shape index (κ2) is 7.44. The fraction of sp³-hybridized carbons (Fsp3) is 0.400. The Morgan fingerprint density at radius 2 is 1.77 bits per heavy atom. The van der Waals surface area contributed by atoms with Crippen LogP contribution in [0.1, 0.15) is 39.2 Å². The first-order chi connectivity index (χ1) is 10.2. The van der Waals surface area contributed by atoms with Crippen LogP contribution in [0.25, 0.3) is 0 Å². The highest BCUT2D eigenvalue weighted by Gasteiger charge is 2.12. The van der Waals surface area contributed by atoms with Crippen molar-refractivity contribution in [3.8, 4) is 5.75 Å². The largest absolute Gasteiger partial charge is 0.488 e. The number of carboxylic acids is 1. The van der Waals surface area contributed by atoms with Crippen LogP contribution in [0.2, 0.25) is 0 Å². The molecule has 0 aromatic heterocycles. The van der Waals surface area contributed by atoms with Gasteiger partial charge in [-0.25, -0.2) is 4.79 Å². The lowest BCUT2D eigenvalue weighted by Crippen LogP contribution is -2.23. The molecule has 7 heteroatoms. The number of aliphatic carboxylic acids is 1. The van der Waals surface area contributed by atoms with Crippen molar-refractivity contribution in [3.63, 3.8) is 0 Å². The molecular formula is C15H20N2O5. The van der Waals surface area contributed by atoms with Gasteiger partial charge in [0.1, 0.15) is 11.4 Å². The summed E-state index contributed by atoms with van der Waals surface area (Å²) < 4.78 is 5.67. The van der Waals surface area contributed by atoms with Crippen LogP contribution in [-0.2, 0) is 14.4 Å². The number of hydrogen-bond acceptors (Lipinski definition) is 5. The summed E-state index contributed by atoms with van der Waals surface area (Å²) in [6.45, 7) is 5.81. The van der Waals surface area contributed by atoms with E-state index in [1.54, 1.807) is 24.3 Å². The Bertz CT molecular complexity index is 558. The number of amidine groups is 1. The fourth-order valence-corrected chi connectivity index (χ4v) is 1.45. The summed E-state index contributed by atoms with van der Waals surface area (Å²) in [5.74, 6) is -1.13. The summed E-state index contributed by atoms with van der Waals surface area (Å²) in [7, 11) is 0. The maximum absolute atomic E-state index is 11.2. The van der Waals surface area contributed by atoms with Crippen LogP contribution in [0.3, 0.4) is 0 Å². The van der Waals surface area contributed by atoms with Crippen molar-refractivity contribution in [3.05, 3.63) is 29.8 Å². The van der Waals surface area contributed by atoms with Gasteiger partial charge in [0.2, 0.25) is 0 Å². The average Bonchev–Trinajstić information content (AvgIpc) is 2.41. The molecule has 1 aromatic rings. The summed E-state index contributed by atoms with van der Waals surface area (Å²) in [4.78, 5) is 26.1. The molecule has 120 valence electrons. The SMILES string of the molecule is CC(C)(C)Oc1ccc(C(N)=NOC(=O)CCC(=O)O)cc1. The van der Waals surface area contributed by atoms with E-state index in [0.717, 1.165) is 0 Å². The lowest BCUT2D eigenvalue weighted by molar-refractivity contribution is -0.147. The highest BCUT2D eigenvalue weighted by Crippen LogP contribution is 2.18. The van der Waals surface area contributed by atoms with Gasteiger partial charge in [0.15, 0.2) is 5.84 Å². The summed E-state index contributed by atoms with van der Waals surface area (Å²) in [6, 6.07) is 6.83. The number of nitrogens with two attached hydrogens (primary N) is 1. The Balaban J connectivity index is 2.61. The molecule has 1 rings (SSSR count). The van der Waals surface area contributed by atoms with Gasteiger partial charge in [-0.15, -0.1) is 0 Å². The molecule has 0 bridgehead atoms. The molecule has 0 amide bonds. The van der Waals surface area contributed by atoms with Gasteiger partial charge in [-0.05, 0) is 45.0 Å². The fourth-order valence-electron chi connectivity index (χ4n) is 1.45. The molecule has 7 nitrogen and oxygen atoms in total. The minimum absolute atomic E-state index is 0.0194. The first kappa shape index (κ1) is 17.5. The Labute approximate surface area is 128 Å². The summed E-state index contributed by atoms with van der Waals surface area (Å²) in [5, 5.41) is 11.9. The zero-order chi connectivity index (χ0) is 16.8. The molecule has 3 N–H and O–H groups in total. The first-order valence-electron chi connectivity index (χ1n) is 6.72. The number of hydrogen-bond donors (Lipinski definition) is 2. The lowest BCUT2D eigenvalue weighted by Gasteiger charge is -2.21. The Hall–Kier alpha value is -2.57. The van der Waals surface area contributed by atoms with Crippen LogP contribution < -0.4 is 10.5 Å². The molecule has 0 aliphatic rings. The molecule has 0 atom stereocenters. The van der Waals surface area contributed by atoms with E-state index in [2.05, 4.69) is 9.99 Å². The van der Waals surface area contributed by atoms with Crippen LogP contribution >= 0.6 is 0 Å². The molecule has 0 saturated carbocycles. The predicted molar refractivity (Wildman–Crippen MR) is 80.5 cm³/mol. The van der Waals surface area contributed by atoms with E-state index in [0.29, 0.717) is 11.3 Å². The van der Waals surface area contributed by atoms with Gasteiger partial charge in [-0.2, -0.15) is 0 Å². The first-order valence-corrected chi connectivity index (χ1v) is 6.72. The van der Waals surface area contributed by atoms with Gasteiger partial charge < -0.3 is 20.4 Å². The van der Waals surface area contributed by atoms with E-state index < -0.39 is 11.9 Å². The third-order valence-corrected chi connectivity index (χ3v) is 2.36. The van der Waals surface area contributed by atoms with Crippen molar-refractivity contribution in [2.24, 2.45) is 10.9 Å². The highest BCUT2D eigenvalue weighted by molar-refractivity contribution is 5.97. The monoisotopic (exact) mass is 308 g/mol. The molecular weight excluding hydrogens is 288 g/mol. The number of rotatable bonds is 6. The van der Waals surface area contributed by atoms with Crippen molar-refractivity contribution in [1.29, 1.82) is 0 Å².